The maximum Gasteiger partial charge on any atom is 0.175 e. The van der Waals surface area contributed by atoms with Gasteiger partial charge in [0.05, 0.1) is 0 Å². The van der Waals surface area contributed by atoms with E-state index < -0.39 is 0 Å². The molecule has 3 atom stereocenters. The summed E-state index contributed by atoms with van der Waals surface area (Å²) in [6, 6.07) is 0.613. The number of nitrogens with one attached hydrogen (secondary N) is 1. The largest absolute Gasteiger partial charge is 0.316 e. The van der Waals surface area contributed by atoms with Crippen LogP contribution in [0.5, 0.6) is 0 Å². The third kappa shape index (κ3) is 4.09. The SMILES string of the molecule is CNC1CCC(C(C)C)CC1Sc1nnc(SC)s1. The van der Waals surface area contributed by atoms with Crippen molar-refractivity contribution in [3.8, 4) is 0 Å². The van der Waals surface area contributed by atoms with Crippen LogP contribution in [-0.4, -0.2) is 34.8 Å². The summed E-state index contributed by atoms with van der Waals surface area (Å²) >= 11 is 5.33. The van der Waals surface area contributed by atoms with Gasteiger partial charge >= 0.3 is 0 Å². The fraction of sp³-hybridized carbons (Fsp3) is 0.846. The number of hydrogen-bond donors (Lipinski definition) is 1. The van der Waals surface area contributed by atoms with E-state index in [1.54, 1.807) is 23.1 Å². The molecule has 3 nitrogen and oxygen atoms in total. The van der Waals surface area contributed by atoms with Gasteiger partial charge in [0.1, 0.15) is 0 Å². The van der Waals surface area contributed by atoms with E-state index in [1.165, 1.54) is 19.3 Å². The lowest BCUT2D eigenvalue weighted by molar-refractivity contribution is 0.251. The molecular weight excluding hydrogens is 294 g/mol. The molecule has 0 amide bonds. The molecule has 0 aromatic carbocycles. The summed E-state index contributed by atoms with van der Waals surface area (Å²) < 4.78 is 2.19. The summed E-state index contributed by atoms with van der Waals surface area (Å²) in [7, 11) is 2.08. The molecule has 1 fully saturated rings. The van der Waals surface area contributed by atoms with Crippen molar-refractivity contribution < 1.29 is 0 Å². The average molecular weight is 318 g/mol. The molecule has 19 heavy (non-hydrogen) atoms. The predicted molar refractivity (Wildman–Crippen MR) is 86.4 cm³/mol. The van der Waals surface area contributed by atoms with Crippen molar-refractivity contribution in [1.82, 2.24) is 15.5 Å². The van der Waals surface area contributed by atoms with Gasteiger partial charge in [-0.2, -0.15) is 0 Å². The first kappa shape index (κ1) is 15.6. The number of aromatic nitrogens is 2. The average Bonchev–Trinajstić information content (AvgIpc) is 2.86. The minimum Gasteiger partial charge on any atom is -0.316 e. The molecule has 2 rings (SSSR count). The molecule has 1 aromatic rings. The van der Waals surface area contributed by atoms with Crippen LogP contribution in [0.3, 0.4) is 0 Å². The zero-order chi connectivity index (χ0) is 13.8. The first-order chi connectivity index (χ1) is 9.13. The molecule has 0 aliphatic heterocycles. The Hall–Kier alpha value is 0.220. The highest BCUT2D eigenvalue weighted by Gasteiger charge is 2.32. The number of hydrogen-bond acceptors (Lipinski definition) is 6. The first-order valence-corrected chi connectivity index (χ1v) is 9.77. The molecule has 0 saturated heterocycles. The van der Waals surface area contributed by atoms with Gasteiger partial charge in [-0.05, 0) is 44.4 Å². The molecule has 1 saturated carbocycles. The van der Waals surface area contributed by atoms with E-state index in [1.807, 2.05) is 11.8 Å². The minimum atomic E-state index is 0.613. The molecule has 3 unspecified atom stereocenters. The van der Waals surface area contributed by atoms with Crippen molar-refractivity contribution >= 4 is 34.9 Å². The van der Waals surface area contributed by atoms with Crippen molar-refractivity contribution in [2.75, 3.05) is 13.3 Å². The van der Waals surface area contributed by atoms with E-state index in [0.717, 1.165) is 20.5 Å². The van der Waals surface area contributed by atoms with Crippen LogP contribution in [0.2, 0.25) is 0 Å². The van der Waals surface area contributed by atoms with Crippen LogP contribution < -0.4 is 5.32 Å². The van der Waals surface area contributed by atoms with Gasteiger partial charge in [0.2, 0.25) is 0 Å². The van der Waals surface area contributed by atoms with Crippen molar-refractivity contribution in [3.05, 3.63) is 0 Å². The molecule has 1 aromatic heterocycles. The first-order valence-electron chi connectivity index (χ1n) is 6.85. The Bertz CT molecular complexity index is 394. The zero-order valence-electron chi connectivity index (χ0n) is 12.0. The van der Waals surface area contributed by atoms with Crippen LogP contribution in [-0.2, 0) is 0 Å². The van der Waals surface area contributed by atoms with Crippen LogP contribution in [0.4, 0.5) is 0 Å². The van der Waals surface area contributed by atoms with E-state index in [0.29, 0.717) is 11.3 Å². The lowest BCUT2D eigenvalue weighted by Gasteiger charge is -2.36. The fourth-order valence-electron chi connectivity index (χ4n) is 2.68. The van der Waals surface area contributed by atoms with Gasteiger partial charge in [-0.3, -0.25) is 0 Å². The van der Waals surface area contributed by atoms with Gasteiger partial charge in [0, 0.05) is 11.3 Å². The molecule has 6 heteroatoms. The van der Waals surface area contributed by atoms with E-state index in [9.17, 15) is 0 Å². The van der Waals surface area contributed by atoms with Crippen molar-refractivity contribution in [3.63, 3.8) is 0 Å². The van der Waals surface area contributed by atoms with Gasteiger partial charge < -0.3 is 5.32 Å². The second-order valence-corrected chi connectivity index (χ2v) is 8.92. The third-order valence-electron chi connectivity index (χ3n) is 3.96. The second kappa shape index (κ2) is 7.29. The lowest BCUT2D eigenvalue weighted by Crippen LogP contribution is -2.41. The van der Waals surface area contributed by atoms with Crippen LogP contribution in [0.25, 0.3) is 0 Å². The summed E-state index contributed by atoms with van der Waals surface area (Å²) in [4.78, 5) is 0. The van der Waals surface area contributed by atoms with Gasteiger partial charge in [0.15, 0.2) is 8.68 Å². The van der Waals surface area contributed by atoms with E-state index >= 15 is 0 Å². The van der Waals surface area contributed by atoms with E-state index in [2.05, 4.69) is 42.7 Å². The van der Waals surface area contributed by atoms with Crippen LogP contribution >= 0.6 is 34.9 Å². The number of nitrogens with zero attached hydrogens (tertiary/aromatic N) is 2. The Morgan fingerprint density at radius 3 is 2.58 bits per heavy atom. The molecule has 1 aliphatic rings. The smallest absolute Gasteiger partial charge is 0.175 e. The van der Waals surface area contributed by atoms with Gasteiger partial charge in [-0.25, -0.2) is 0 Å². The number of thioether (sulfide) groups is 2. The predicted octanol–water partition coefficient (Wildman–Crippen LogP) is 3.76. The molecule has 0 bridgehead atoms. The van der Waals surface area contributed by atoms with Crippen LogP contribution in [0.15, 0.2) is 8.68 Å². The van der Waals surface area contributed by atoms with Crippen molar-refractivity contribution in [1.29, 1.82) is 0 Å². The summed E-state index contributed by atoms with van der Waals surface area (Å²) in [6.45, 7) is 4.70. The van der Waals surface area contributed by atoms with Crippen LogP contribution in [0, 0.1) is 11.8 Å². The topological polar surface area (TPSA) is 37.8 Å². The number of rotatable bonds is 5. The summed E-state index contributed by atoms with van der Waals surface area (Å²) in [5.74, 6) is 1.65. The Balaban J connectivity index is 2.01. The molecule has 108 valence electrons. The molecule has 1 N–H and O–H groups in total. The Morgan fingerprint density at radius 2 is 2.00 bits per heavy atom. The maximum atomic E-state index is 4.30. The maximum absolute atomic E-state index is 4.30. The second-order valence-electron chi connectivity index (χ2n) is 5.41. The Labute approximate surface area is 128 Å². The van der Waals surface area contributed by atoms with Crippen molar-refractivity contribution in [2.45, 2.75) is 53.1 Å². The quantitative estimate of drug-likeness (QED) is 0.837. The highest BCUT2D eigenvalue weighted by atomic mass is 32.2. The zero-order valence-corrected chi connectivity index (χ0v) is 14.5. The normalized spacial score (nSPS) is 27.9. The van der Waals surface area contributed by atoms with E-state index in [4.69, 9.17) is 0 Å². The molecule has 0 radical (unpaired) electrons. The summed E-state index contributed by atoms with van der Waals surface area (Å²) in [5.41, 5.74) is 0. The Kier molecular flexibility index (Phi) is 5.99. The standard InChI is InChI=1S/C13H23N3S3/c1-8(2)9-5-6-10(14-3)11(7-9)18-13-16-15-12(17-4)19-13/h8-11,14H,5-7H2,1-4H3. The summed E-state index contributed by atoms with van der Waals surface area (Å²) in [5, 5.41) is 12.6. The molecule has 0 spiro atoms. The highest BCUT2D eigenvalue weighted by Crippen LogP contribution is 2.40. The molecule has 1 aliphatic carbocycles. The van der Waals surface area contributed by atoms with Crippen LogP contribution in [0.1, 0.15) is 33.1 Å². The van der Waals surface area contributed by atoms with Crippen molar-refractivity contribution in [2.24, 2.45) is 11.8 Å². The highest BCUT2D eigenvalue weighted by molar-refractivity contribution is 8.03. The molecular formula is C13H23N3S3. The fourth-order valence-corrected chi connectivity index (χ4v) is 5.77. The van der Waals surface area contributed by atoms with E-state index in [-0.39, 0.29) is 0 Å². The Morgan fingerprint density at radius 1 is 1.26 bits per heavy atom. The molecule has 1 heterocycles. The summed E-state index contributed by atoms with van der Waals surface area (Å²) in [6.07, 6.45) is 5.99. The lowest BCUT2D eigenvalue weighted by atomic mass is 9.79. The van der Waals surface area contributed by atoms with Gasteiger partial charge in [0.25, 0.3) is 0 Å². The third-order valence-corrected chi connectivity index (χ3v) is 7.30. The minimum absolute atomic E-state index is 0.613. The van der Waals surface area contributed by atoms with Gasteiger partial charge in [-0.1, -0.05) is 48.7 Å². The monoisotopic (exact) mass is 317 g/mol. The van der Waals surface area contributed by atoms with Gasteiger partial charge in [-0.15, -0.1) is 10.2 Å².